The van der Waals surface area contributed by atoms with Gasteiger partial charge < -0.3 is 20.5 Å². The molecule has 1 aromatic carbocycles. The van der Waals surface area contributed by atoms with Crippen molar-refractivity contribution in [1.82, 2.24) is 19.5 Å². The maximum absolute atomic E-state index is 14.3. The van der Waals surface area contributed by atoms with Gasteiger partial charge in [0.2, 0.25) is 11.9 Å². The fourth-order valence-electron chi connectivity index (χ4n) is 3.76. The third-order valence-corrected chi connectivity index (χ3v) is 5.32. The Labute approximate surface area is 187 Å². The highest BCUT2D eigenvalue weighted by Gasteiger charge is 2.27. The van der Waals surface area contributed by atoms with E-state index in [1.165, 1.54) is 6.20 Å². The first-order chi connectivity index (χ1) is 17.0. The first kappa shape index (κ1) is 16.7. The molecular weight excluding hydrogens is 425 g/mol. The Bertz CT molecular complexity index is 1270. The van der Waals surface area contributed by atoms with E-state index < -0.39 is 54.5 Å². The highest BCUT2D eigenvalue weighted by atomic mass is 19.1. The van der Waals surface area contributed by atoms with Crippen LogP contribution in [0.15, 0.2) is 18.3 Å². The largest absolute Gasteiger partial charge is 0.393 e. The molecule has 6 unspecified atom stereocenters. The summed E-state index contributed by atoms with van der Waals surface area (Å²) in [5.74, 6) is -3.27. The molecule has 2 aliphatic rings. The van der Waals surface area contributed by atoms with Crippen LogP contribution in [0.3, 0.4) is 0 Å². The molecule has 1 saturated carbocycles. The fraction of sp³-hybridized carbons (Fsp3) is 0.476. The van der Waals surface area contributed by atoms with Gasteiger partial charge in [-0.05, 0) is 32.0 Å². The molecule has 1 saturated heterocycles. The quantitative estimate of drug-likeness (QED) is 0.544. The van der Waals surface area contributed by atoms with E-state index in [1.54, 1.807) is 4.57 Å². The van der Waals surface area contributed by atoms with Crippen molar-refractivity contribution >= 4 is 28.7 Å². The summed E-state index contributed by atoms with van der Waals surface area (Å²) in [5.41, 5.74) is -0.0177. The smallest absolute Gasteiger partial charge is 0.224 e. The number of nitrogens with one attached hydrogen (secondary N) is 2. The van der Waals surface area contributed by atoms with E-state index in [-0.39, 0.29) is 42.1 Å². The van der Waals surface area contributed by atoms with Gasteiger partial charge in [0.05, 0.1) is 26.3 Å². The standard InChI is InChI=1S/C21H23F3N6O2/c22-11-7-15(23)18(16(24)8-11)28-21-27-17-9-25-20(26-12-1-3-14(31)4-2-12)29-19(17)30(21)13-5-6-32-10-13/h7-9,12-14,31H,1-6,10H2,(H,27,28)(H,25,26,29)/i1D,2D,3D,14D. The SMILES string of the molecule is [2H]C1CC([2H])(O)C([2H])C([2H])C1Nc1ncc2nc(Nc3c(F)cc(F)cc3F)n(C3CCOC3)c2n1. The number of hydrogen-bond acceptors (Lipinski definition) is 7. The van der Waals surface area contributed by atoms with E-state index in [0.29, 0.717) is 25.2 Å². The van der Waals surface area contributed by atoms with E-state index in [1.807, 2.05) is 0 Å². The van der Waals surface area contributed by atoms with E-state index in [0.717, 1.165) is 0 Å². The van der Waals surface area contributed by atoms with Gasteiger partial charge >= 0.3 is 0 Å². The van der Waals surface area contributed by atoms with E-state index in [4.69, 9.17) is 10.2 Å². The second-order valence-corrected chi connectivity index (χ2v) is 7.56. The molecule has 2 aromatic heterocycles. The van der Waals surface area contributed by atoms with E-state index in [9.17, 15) is 18.3 Å². The van der Waals surface area contributed by atoms with Crippen LogP contribution in [0, 0.1) is 17.5 Å². The molecule has 0 amide bonds. The molecule has 0 radical (unpaired) electrons. The molecule has 32 heavy (non-hydrogen) atoms. The van der Waals surface area contributed by atoms with Crippen molar-refractivity contribution in [3.63, 3.8) is 0 Å². The molecule has 1 aliphatic heterocycles. The highest BCUT2D eigenvalue weighted by molar-refractivity contribution is 5.76. The van der Waals surface area contributed by atoms with E-state index >= 15 is 0 Å². The minimum absolute atomic E-state index is 0.0235. The van der Waals surface area contributed by atoms with Gasteiger partial charge in [-0.1, -0.05) is 0 Å². The number of aliphatic hydroxyl groups is 1. The average Bonchev–Trinajstić information content (AvgIpc) is 3.44. The maximum Gasteiger partial charge on any atom is 0.224 e. The van der Waals surface area contributed by atoms with Crippen molar-refractivity contribution in [2.24, 2.45) is 0 Å². The number of imidazole rings is 1. The van der Waals surface area contributed by atoms with Crippen LogP contribution in [0.25, 0.3) is 11.2 Å². The molecule has 0 bridgehead atoms. The predicted molar refractivity (Wildman–Crippen MR) is 111 cm³/mol. The lowest BCUT2D eigenvalue weighted by Gasteiger charge is -2.26. The van der Waals surface area contributed by atoms with Crippen molar-refractivity contribution in [2.75, 3.05) is 23.8 Å². The Morgan fingerprint density at radius 3 is 2.72 bits per heavy atom. The van der Waals surface area contributed by atoms with Gasteiger partial charge in [0, 0.05) is 28.9 Å². The molecule has 3 heterocycles. The molecule has 5 rings (SSSR count). The lowest BCUT2D eigenvalue weighted by atomic mass is 9.93. The maximum atomic E-state index is 14.3. The molecule has 11 heteroatoms. The van der Waals surface area contributed by atoms with Crippen LogP contribution in [0.2, 0.25) is 0 Å². The second-order valence-electron chi connectivity index (χ2n) is 7.56. The average molecular weight is 452 g/mol. The van der Waals surface area contributed by atoms with Crippen molar-refractivity contribution in [2.45, 2.75) is 50.2 Å². The molecule has 6 atom stereocenters. The van der Waals surface area contributed by atoms with E-state index in [2.05, 4.69) is 25.6 Å². The van der Waals surface area contributed by atoms with Gasteiger partial charge in [-0.2, -0.15) is 4.98 Å². The topological polar surface area (TPSA) is 97.1 Å². The van der Waals surface area contributed by atoms with Gasteiger partial charge in [-0.25, -0.2) is 23.1 Å². The molecule has 3 aromatic rings. The second kappa shape index (κ2) is 8.55. The summed E-state index contributed by atoms with van der Waals surface area (Å²) in [5, 5.41) is 15.5. The number of ether oxygens (including phenoxy) is 1. The summed E-state index contributed by atoms with van der Waals surface area (Å²) in [6.45, 7) is 0.736. The summed E-state index contributed by atoms with van der Waals surface area (Å²) >= 11 is 0. The Morgan fingerprint density at radius 2 is 1.97 bits per heavy atom. The summed E-state index contributed by atoms with van der Waals surface area (Å²) in [6.07, 6.45) is -4.41. The molecule has 8 nitrogen and oxygen atoms in total. The number of halogens is 3. The van der Waals surface area contributed by atoms with Gasteiger partial charge in [-0.3, -0.25) is 4.57 Å². The van der Waals surface area contributed by atoms with Crippen LogP contribution < -0.4 is 10.6 Å². The van der Waals surface area contributed by atoms with Crippen LogP contribution in [0.5, 0.6) is 0 Å². The Hall–Kier alpha value is -2.92. The summed E-state index contributed by atoms with van der Waals surface area (Å²) in [6, 6.07) is -0.114. The minimum Gasteiger partial charge on any atom is -0.393 e. The Balaban J connectivity index is 1.52. The molecular formula is C21H23F3N6O2. The number of hydrogen-bond donors (Lipinski definition) is 3. The van der Waals surface area contributed by atoms with Crippen LogP contribution in [-0.2, 0) is 4.74 Å². The zero-order valence-corrected chi connectivity index (χ0v) is 16.7. The number of anilines is 3. The number of rotatable bonds is 5. The van der Waals surface area contributed by atoms with Crippen molar-refractivity contribution in [1.29, 1.82) is 0 Å². The zero-order valence-electron chi connectivity index (χ0n) is 20.7. The number of benzene rings is 1. The normalized spacial score (nSPS) is 34.6. The molecule has 3 N–H and O–H groups in total. The first-order valence-electron chi connectivity index (χ1n) is 12.3. The Morgan fingerprint density at radius 1 is 1.16 bits per heavy atom. The van der Waals surface area contributed by atoms with Gasteiger partial charge in [0.15, 0.2) is 17.3 Å². The predicted octanol–water partition coefficient (Wildman–Crippen LogP) is 3.66. The van der Waals surface area contributed by atoms with Crippen molar-refractivity contribution < 1.29 is 28.5 Å². The lowest BCUT2D eigenvalue weighted by Crippen LogP contribution is -2.29. The highest BCUT2D eigenvalue weighted by Crippen LogP contribution is 2.32. The number of fused-ring (bicyclic) bond motifs is 1. The minimum atomic E-state index is -2.20. The monoisotopic (exact) mass is 452 g/mol. The number of nitrogens with zero attached hydrogens (tertiary/aromatic N) is 4. The van der Waals surface area contributed by atoms with Gasteiger partial charge in [-0.15, -0.1) is 0 Å². The third-order valence-electron chi connectivity index (χ3n) is 5.32. The van der Waals surface area contributed by atoms with Crippen LogP contribution in [0.1, 0.15) is 43.6 Å². The van der Waals surface area contributed by atoms with Crippen LogP contribution >= 0.6 is 0 Å². The molecule has 0 spiro atoms. The summed E-state index contributed by atoms with van der Waals surface area (Å²) in [4.78, 5) is 13.0. The van der Waals surface area contributed by atoms with Crippen LogP contribution in [0.4, 0.5) is 30.8 Å². The lowest BCUT2D eigenvalue weighted by molar-refractivity contribution is 0.126. The summed E-state index contributed by atoms with van der Waals surface area (Å²) < 4.78 is 81.3. The Kier molecular flexibility index (Phi) is 4.45. The first-order valence-corrected chi connectivity index (χ1v) is 10.0. The summed E-state index contributed by atoms with van der Waals surface area (Å²) in [7, 11) is 0. The molecule has 1 aliphatic carbocycles. The molecule has 2 fully saturated rings. The zero-order chi connectivity index (χ0) is 25.8. The van der Waals surface area contributed by atoms with Crippen molar-refractivity contribution in [3.8, 4) is 0 Å². The van der Waals surface area contributed by atoms with Crippen molar-refractivity contribution in [3.05, 3.63) is 35.8 Å². The van der Waals surface area contributed by atoms with Crippen LogP contribution in [-0.4, -0.2) is 50.0 Å². The van der Waals surface area contributed by atoms with Gasteiger partial charge in [0.25, 0.3) is 0 Å². The fourth-order valence-corrected chi connectivity index (χ4v) is 3.76. The van der Waals surface area contributed by atoms with Gasteiger partial charge in [0.1, 0.15) is 17.0 Å². The number of aromatic nitrogens is 4. The molecule has 170 valence electrons. The third kappa shape index (κ3) is 4.09.